The number of carbonyl (C=O) groups excluding carboxylic acids is 1. The van der Waals surface area contributed by atoms with E-state index in [4.69, 9.17) is 5.73 Å². The van der Waals surface area contributed by atoms with Gasteiger partial charge in [-0.05, 0) is 54.0 Å². The maximum Gasteiger partial charge on any atom is 0.261 e. The third-order valence-electron chi connectivity index (χ3n) is 4.48. The highest BCUT2D eigenvalue weighted by molar-refractivity contribution is 7.17. The van der Waals surface area contributed by atoms with Crippen LogP contribution in [0.2, 0.25) is 0 Å². The molecule has 1 aliphatic rings. The standard InChI is InChI=1S/C19H24N2OS.ClH/c1-19(2)12-13-11-16(18(22)21-10-6-5-9-20)23-17(13)14-7-3-4-8-15(14)19;/h3-4,7-8,11H,5-6,9-10,12,20H2,1-2H3,(H,21,22);1H. The van der Waals surface area contributed by atoms with Gasteiger partial charge in [0.2, 0.25) is 0 Å². The summed E-state index contributed by atoms with van der Waals surface area (Å²) in [5.41, 5.74) is 9.55. The highest BCUT2D eigenvalue weighted by Crippen LogP contribution is 2.46. The fraction of sp³-hybridized carbons (Fsp3) is 0.421. The van der Waals surface area contributed by atoms with Crippen molar-refractivity contribution in [2.75, 3.05) is 13.1 Å². The van der Waals surface area contributed by atoms with Crippen LogP contribution >= 0.6 is 23.7 Å². The Kier molecular flexibility index (Phi) is 6.07. The highest BCUT2D eigenvalue weighted by atomic mass is 35.5. The molecular formula is C19H25ClN2OS. The predicted octanol–water partition coefficient (Wildman–Crippen LogP) is 4.14. The third kappa shape index (κ3) is 3.66. The topological polar surface area (TPSA) is 55.1 Å². The summed E-state index contributed by atoms with van der Waals surface area (Å²) in [6, 6.07) is 10.6. The van der Waals surface area contributed by atoms with Crippen LogP contribution < -0.4 is 11.1 Å². The monoisotopic (exact) mass is 364 g/mol. The molecule has 1 amide bonds. The number of benzene rings is 1. The van der Waals surface area contributed by atoms with E-state index in [0.717, 1.165) is 24.1 Å². The molecule has 1 aromatic carbocycles. The third-order valence-corrected chi connectivity index (χ3v) is 5.69. The molecule has 0 atom stereocenters. The minimum atomic E-state index is 0. The average molecular weight is 365 g/mol. The van der Waals surface area contributed by atoms with E-state index in [9.17, 15) is 4.79 Å². The van der Waals surface area contributed by atoms with Gasteiger partial charge in [-0.15, -0.1) is 23.7 Å². The lowest BCUT2D eigenvalue weighted by Gasteiger charge is -2.32. The Labute approximate surface area is 154 Å². The first-order chi connectivity index (χ1) is 11.0. The summed E-state index contributed by atoms with van der Waals surface area (Å²) < 4.78 is 0. The number of hydrogen-bond acceptors (Lipinski definition) is 3. The largest absolute Gasteiger partial charge is 0.351 e. The quantitative estimate of drug-likeness (QED) is 0.783. The summed E-state index contributed by atoms with van der Waals surface area (Å²) in [4.78, 5) is 14.4. The molecule has 130 valence electrons. The van der Waals surface area contributed by atoms with Crippen LogP contribution in [-0.4, -0.2) is 19.0 Å². The Hall–Kier alpha value is -1.36. The van der Waals surface area contributed by atoms with Gasteiger partial charge in [0.05, 0.1) is 4.88 Å². The highest BCUT2D eigenvalue weighted by Gasteiger charge is 2.32. The maximum atomic E-state index is 12.4. The number of amides is 1. The fourth-order valence-corrected chi connectivity index (χ4v) is 4.44. The van der Waals surface area contributed by atoms with Crippen LogP contribution in [0.3, 0.4) is 0 Å². The zero-order valence-electron chi connectivity index (χ0n) is 14.2. The van der Waals surface area contributed by atoms with Gasteiger partial charge in [0, 0.05) is 11.4 Å². The van der Waals surface area contributed by atoms with E-state index in [2.05, 4.69) is 49.5 Å². The molecular weight excluding hydrogens is 340 g/mol. The van der Waals surface area contributed by atoms with Crippen LogP contribution in [-0.2, 0) is 11.8 Å². The van der Waals surface area contributed by atoms with Gasteiger partial charge in [-0.25, -0.2) is 0 Å². The van der Waals surface area contributed by atoms with Crippen molar-refractivity contribution < 1.29 is 4.79 Å². The smallest absolute Gasteiger partial charge is 0.261 e. The Balaban J connectivity index is 0.00000208. The van der Waals surface area contributed by atoms with Gasteiger partial charge in [0.1, 0.15) is 0 Å². The number of nitrogens with two attached hydrogens (primary N) is 1. The zero-order chi connectivity index (χ0) is 16.4. The average Bonchev–Trinajstić information content (AvgIpc) is 2.95. The van der Waals surface area contributed by atoms with Crippen LogP contribution in [0.25, 0.3) is 10.4 Å². The Bertz CT molecular complexity index is 724. The van der Waals surface area contributed by atoms with Gasteiger partial charge in [-0.3, -0.25) is 4.79 Å². The normalized spacial score (nSPS) is 14.3. The molecule has 1 aliphatic carbocycles. The van der Waals surface area contributed by atoms with Crippen LogP contribution in [0.4, 0.5) is 0 Å². The second kappa shape index (κ2) is 7.68. The van der Waals surface area contributed by atoms with E-state index in [1.165, 1.54) is 21.6 Å². The Morgan fingerprint density at radius 1 is 1.29 bits per heavy atom. The molecule has 3 nitrogen and oxygen atoms in total. The molecule has 2 aromatic rings. The van der Waals surface area contributed by atoms with Crippen LogP contribution in [0.5, 0.6) is 0 Å². The molecule has 0 saturated carbocycles. The number of nitrogens with one attached hydrogen (secondary N) is 1. The summed E-state index contributed by atoms with van der Waals surface area (Å²) in [7, 11) is 0. The number of rotatable bonds is 5. The molecule has 1 heterocycles. The van der Waals surface area contributed by atoms with Crippen molar-refractivity contribution in [3.8, 4) is 10.4 Å². The van der Waals surface area contributed by atoms with E-state index in [1.54, 1.807) is 11.3 Å². The maximum absolute atomic E-state index is 12.4. The van der Waals surface area contributed by atoms with Gasteiger partial charge in [-0.2, -0.15) is 0 Å². The van der Waals surface area contributed by atoms with Crippen LogP contribution in [0.15, 0.2) is 30.3 Å². The summed E-state index contributed by atoms with van der Waals surface area (Å²) >= 11 is 1.61. The van der Waals surface area contributed by atoms with Gasteiger partial charge in [0.15, 0.2) is 0 Å². The van der Waals surface area contributed by atoms with E-state index in [1.807, 2.05) is 0 Å². The molecule has 0 bridgehead atoms. The Morgan fingerprint density at radius 3 is 2.79 bits per heavy atom. The van der Waals surface area contributed by atoms with Gasteiger partial charge in [-0.1, -0.05) is 38.1 Å². The van der Waals surface area contributed by atoms with Crippen molar-refractivity contribution in [2.45, 2.75) is 38.5 Å². The van der Waals surface area contributed by atoms with Gasteiger partial charge < -0.3 is 11.1 Å². The fourth-order valence-electron chi connectivity index (χ4n) is 3.30. The molecule has 0 aliphatic heterocycles. The van der Waals surface area contributed by atoms with Crippen molar-refractivity contribution in [1.29, 1.82) is 0 Å². The molecule has 0 spiro atoms. The van der Waals surface area contributed by atoms with Crippen molar-refractivity contribution in [3.05, 3.63) is 46.3 Å². The summed E-state index contributed by atoms with van der Waals surface area (Å²) in [5, 5.41) is 3.00. The molecule has 3 N–H and O–H groups in total. The number of unbranched alkanes of at least 4 members (excludes halogenated alkanes) is 1. The summed E-state index contributed by atoms with van der Waals surface area (Å²) in [5.74, 6) is 0.0386. The lowest BCUT2D eigenvalue weighted by atomic mass is 9.73. The van der Waals surface area contributed by atoms with E-state index in [0.29, 0.717) is 13.1 Å². The molecule has 3 rings (SSSR count). The molecule has 5 heteroatoms. The second-order valence-electron chi connectivity index (χ2n) is 6.82. The first-order valence-electron chi connectivity index (χ1n) is 8.24. The first kappa shape index (κ1) is 19.0. The van der Waals surface area contributed by atoms with Crippen molar-refractivity contribution in [3.63, 3.8) is 0 Å². The summed E-state index contributed by atoms with van der Waals surface area (Å²) in [6.45, 7) is 5.92. The molecule has 0 fully saturated rings. The number of thiophene rings is 1. The molecule has 24 heavy (non-hydrogen) atoms. The first-order valence-corrected chi connectivity index (χ1v) is 9.05. The predicted molar refractivity (Wildman–Crippen MR) is 104 cm³/mol. The van der Waals surface area contributed by atoms with Gasteiger partial charge in [0.25, 0.3) is 5.91 Å². The zero-order valence-corrected chi connectivity index (χ0v) is 15.9. The van der Waals surface area contributed by atoms with Crippen molar-refractivity contribution in [1.82, 2.24) is 5.32 Å². The lowest BCUT2D eigenvalue weighted by Crippen LogP contribution is -2.25. The minimum Gasteiger partial charge on any atom is -0.351 e. The minimum absolute atomic E-state index is 0. The van der Waals surface area contributed by atoms with E-state index < -0.39 is 0 Å². The van der Waals surface area contributed by atoms with Crippen LogP contribution in [0, 0.1) is 0 Å². The molecule has 0 unspecified atom stereocenters. The second-order valence-corrected chi connectivity index (χ2v) is 7.88. The summed E-state index contributed by atoms with van der Waals surface area (Å²) in [6.07, 6.45) is 2.86. The molecule has 1 aromatic heterocycles. The number of carbonyl (C=O) groups is 1. The molecule has 0 saturated heterocycles. The number of fused-ring (bicyclic) bond motifs is 3. The van der Waals surface area contributed by atoms with E-state index >= 15 is 0 Å². The number of halogens is 1. The Morgan fingerprint density at radius 2 is 2.04 bits per heavy atom. The molecule has 0 radical (unpaired) electrons. The van der Waals surface area contributed by atoms with Crippen molar-refractivity contribution >= 4 is 29.7 Å². The SMILES string of the molecule is CC1(C)Cc2cc(C(=O)NCCCCN)sc2-c2ccccc21.Cl. The van der Waals surface area contributed by atoms with Crippen molar-refractivity contribution in [2.24, 2.45) is 5.73 Å². The van der Waals surface area contributed by atoms with Crippen LogP contribution in [0.1, 0.15) is 47.5 Å². The van der Waals surface area contributed by atoms with E-state index in [-0.39, 0.29) is 23.7 Å². The van der Waals surface area contributed by atoms with Gasteiger partial charge >= 0.3 is 0 Å². The number of hydrogen-bond donors (Lipinski definition) is 2. The lowest BCUT2D eigenvalue weighted by molar-refractivity contribution is 0.0957.